The Kier molecular flexibility index (Phi) is 4.15. The van der Waals surface area contributed by atoms with Gasteiger partial charge in [-0.25, -0.2) is 14.8 Å². The molecule has 0 spiro atoms. The molecule has 2 aliphatic rings. The van der Waals surface area contributed by atoms with Crippen LogP contribution in [0.1, 0.15) is 37.5 Å². The zero-order valence-electron chi connectivity index (χ0n) is 16.4. The smallest absolute Gasteiger partial charge is 0.346 e. The molecule has 8 nitrogen and oxygen atoms in total. The molecule has 4 heterocycles. The van der Waals surface area contributed by atoms with Gasteiger partial charge in [-0.1, -0.05) is 6.92 Å². The molecule has 8 heteroatoms. The van der Waals surface area contributed by atoms with Crippen LogP contribution in [-0.4, -0.2) is 25.6 Å². The van der Waals surface area contributed by atoms with Gasteiger partial charge in [0.25, 0.3) is 0 Å². The second-order valence-corrected chi connectivity index (χ2v) is 8.11. The van der Waals surface area contributed by atoms with Gasteiger partial charge in [0.1, 0.15) is 28.7 Å². The summed E-state index contributed by atoms with van der Waals surface area (Å²) in [5.74, 6) is 2.07. The van der Waals surface area contributed by atoms with E-state index in [0.717, 1.165) is 31.5 Å². The fraction of sp³-hybridized carbons (Fsp3) is 0.429. The number of aryl methyl sites for hydroxylation is 1. The molecular weight excluding hydrogens is 370 g/mol. The molecule has 2 N–H and O–H groups in total. The minimum atomic E-state index is -0.328. The molecule has 29 heavy (non-hydrogen) atoms. The fourth-order valence-electron chi connectivity index (χ4n) is 4.54. The number of nitrogens with zero attached hydrogens (tertiary/aromatic N) is 3. The van der Waals surface area contributed by atoms with Gasteiger partial charge in [0.05, 0.1) is 12.7 Å². The highest BCUT2D eigenvalue weighted by molar-refractivity contribution is 5.68. The lowest BCUT2D eigenvalue weighted by molar-refractivity contribution is 0.136. The van der Waals surface area contributed by atoms with E-state index in [4.69, 9.17) is 14.6 Å². The van der Waals surface area contributed by atoms with Crippen LogP contribution in [0, 0.1) is 24.2 Å². The van der Waals surface area contributed by atoms with Gasteiger partial charge >= 0.3 is 5.63 Å². The Hall–Kier alpha value is -3.16. The predicted molar refractivity (Wildman–Crippen MR) is 106 cm³/mol. The van der Waals surface area contributed by atoms with E-state index in [1.807, 2.05) is 10.6 Å². The van der Waals surface area contributed by atoms with Crippen LogP contribution in [0.3, 0.4) is 0 Å². The first-order valence-corrected chi connectivity index (χ1v) is 9.94. The van der Waals surface area contributed by atoms with E-state index in [-0.39, 0.29) is 17.2 Å². The van der Waals surface area contributed by atoms with Gasteiger partial charge in [-0.05, 0) is 49.7 Å². The maximum absolute atomic E-state index is 12.1. The first-order valence-electron chi connectivity index (χ1n) is 9.94. The Morgan fingerprint density at radius 1 is 1.41 bits per heavy atom. The van der Waals surface area contributed by atoms with Crippen molar-refractivity contribution in [3.05, 3.63) is 51.5 Å². The molecular formula is C21H23N5O3. The lowest BCUT2D eigenvalue weighted by atomic mass is 9.76. The number of aromatic amines is 1. The second kappa shape index (κ2) is 6.72. The molecule has 1 fully saturated rings. The molecule has 3 aromatic rings. The van der Waals surface area contributed by atoms with Crippen molar-refractivity contribution in [2.24, 2.45) is 11.8 Å². The molecule has 3 aromatic heterocycles. The third kappa shape index (κ3) is 3.08. The predicted octanol–water partition coefficient (Wildman–Crippen LogP) is 2.78. The molecule has 0 bridgehead atoms. The molecule has 0 amide bonds. The number of ether oxygens (including phenoxy) is 1. The van der Waals surface area contributed by atoms with Gasteiger partial charge in [-0.15, -0.1) is 0 Å². The number of hydrogen-bond acceptors (Lipinski definition) is 6. The zero-order valence-corrected chi connectivity index (χ0v) is 16.4. The summed E-state index contributed by atoms with van der Waals surface area (Å²) in [6, 6.07) is 1.80. The summed E-state index contributed by atoms with van der Waals surface area (Å²) in [7, 11) is 0. The summed E-state index contributed by atoms with van der Waals surface area (Å²) in [4.78, 5) is 23.6. The van der Waals surface area contributed by atoms with Crippen molar-refractivity contribution in [1.82, 2.24) is 19.5 Å². The third-order valence-corrected chi connectivity index (χ3v) is 6.15. The number of imidazole rings is 1. The van der Waals surface area contributed by atoms with Gasteiger partial charge < -0.3 is 18.7 Å². The molecule has 3 atom stereocenters. The SMILES string of the molecule is Cc1cc2c(c(=O)o1)C=C1CC[C@H](C(C)Cn3cnc(=N)c4[nH]cnc43)C[C@@H]1O2. The fourth-order valence-corrected chi connectivity index (χ4v) is 4.54. The van der Waals surface area contributed by atoms with Gasteiger partial charge in [0.2, 0.25) is 0 Å². The number of aromatic nitrogens is 4. The van der Waals surface area contributed by atoms with Crippen molar-refractivity contribution in [2.45, 2.75) is 45.8 Å². The Balaban J connectivity index is 1.36. The van der Waals surface area contributed by atoms with E-state index in [1.165, 1.54) is 5.57 Å². The number of fused-ring (bicyclic) bond motifs is 3. The summed E-state index contributed by atoms with van der Waals surface area (Å²) in [5, 5.41) is 7.90. The van der Waals surface area contributed by atoms with Crippen molar-refractivity contribution in [2.75, 3.05) is 0 Å². The van der Waals surface area contributed by atoms with Gasteiger partial charge in [-0.2, -0.15) is 0 Å². The van der Waals surface area contributed by atoms with Crippen LogP contribution in [-0.2, 0) is 6.54 Å². The number of nitrogens with one attached hydrogen (secondary N) is 2. The Morgan fingerprint density at radius 3 is 3.14 bits per heavy atom. The van der Waals surface area contributed by atoms with Gasteiger partial charge in [0, 0.05) is 12.6 Å². The average Bonchev–Trinajstić information content (AvgIpc) is 3.19. The topological polar surface area (TPSA) is 110 Å². The largest absolute Gasteiger partial charge is 0.485 e. The van der Waals surface area contributed by atoms with Gasteiger partial charge in [0.15, 0.2) is 11.1 Å². The minimum absolute atomic E-state index is 0.00838. The lowest BCUT2D eigenvalue weighted by Crippen LogP contribution is -2.34. The van der Waals surface area contributed by atoms with Crippen molar-refractivity contribution in [1.29, 1.82) is 5.41 Å². The molecule has 1 unspecified atom stereocenters. The summed E-state index contributed by atoms with van der Waals surface area (Å²) < 4.78 is 13.4. The average molecular weight is 393 g/mol. The summed E-state index contributed by atoms with van der Waals surface area (Å²) in [6.45, 7) is 4.79. The van der Waals surface area contributed by atoms with Crippen LogP contribution >= 0.6 is 0 Å². The Labute approximate surface area is 166 Å². The van der Waals surface area contributed by atoms with E-state index in [0.29, 0.717) is 34.4 Å². The van der Waals surface area contributed by atoms with Crippen LogP contribution in [0.25, 0.3) is 17.2 Å². The van der Waals surface area contributed by atoms with Crippen LogP contribution in [0.4, 0.5) is 0 Å². The third-order valence-electron chi connectivity index (χ3n) is 6.15. The van der Waals surface area contributed by atoms with Crippen LogP contribution in [0.2, 0.25) is 0 Å². The number of rotatable bonds is 3. The Morgan fingerprint density at radius 2 is 2.28 bits per heavy atom. The molecule has 5 rings (SSSR count). The van der Waals surface area contributed by atoms with Crippen molar-refractivity contribution >= 4 is 17.2 Å². The van der Waals surface area contributed by atoms with E-state index >= 15 is 0 Å². The van der Waals surface area contributed by atoms with Crippen LogP contribution < -0.4 is 15.9 Å². The minimum Gasteiger partial charge on any atom is -0.485 e. The normalized spacial score (nSPS) is 21.8. The first-order chi connectivity index (χ1) is 14.0. The second-order valence-electron chi connectivity index (χ2n) is 8.11. The molecule has 0 aromatic carbocycles. The maximum Gasteiger partial charge on any atom is 0.346 e. The molecule has 1 aliphatic carbocycles. The maximum atomic E-state index is 12.1. The Bertz CT molecular complexity index is 1240. The molecule has 0 saturated heterocycles. The molecule has 1 saturated carbocycles. The highest BCUT2D eigenvalue weighted by atomic mass is 16.5. The molecule has 150 valence electrons. The summed E-state index contributed by atoms with van der Waals surface area (Å²) in [5.41, 5.74) is 3.02. The van der Waals surface area contributed by atoms with E-state index < -0.39 is 0 Å². The lowest BCUT2D eigenvalue weighted by Gasteiger charge is -2.37. The van der Waals surface area contributed by atoms with Crippen molar-refractivity contribution < 1.29 is 9.15 Å². The summed E-state index contributed by atoms with van der Waals surface area (Å²) in [6.07, 6.45) is 8.16. The highest BCUT2D eigenvalue weighted by Gasteiger charge is 2.34. The quantitative estimate of drug-likeness (QED) is 0.711. The van der Waals surface area contributed by atoms with E-state index in [2.05, 4.69) is 21.9 Å². The van der Waals surface area contributed by atoms with E-state index in [1.54, 1.807) is 25.6 Å². The number of hydrogen-bond donors (Lipinski definition) is 2. The monoisotopic (exact) mass is 393 g/mol. The van der Waals surface area contributed by atoms with Crippen LogP contribution in [0.15, 0.2) is 33.5 Å². The molecule has 0 radical (unpaired) electrons. The van der Waals surface area contributed by atoms with Crippen molar-refractivity contribution in [3.8, 4) is 5.75 Å². The van der Waals surface area contributed by atoms with Crippen LogP contribution in [0.5, 0.6) is 5.75 Å². The summed E-state index contributed by atoms with van der Waals surface area (Å²) >= 11 is 0. The van der Waals surface area contributed by atoms with Crippen molar-refractivity contribution in [3.63, 3.8) is 0 Å². The van der Waals surface area contributed by atoms with Gasteiger partial charge in [-0.3, -0.25) is 5.41 Å². The molecule has 1 aliphatic heterocycles. The highest BCUT2D eigenvalue weighted by Crippen LogP contribution is 2.40. The first kappa shape index (κ1) is 17.9. The standard InChI is InChI=1S/C21H23N5O3/c1-11(8-26-10-25-19(22)18-20(26)24-9-23-18)13-3-4-14-6-15-17(29-16(14)7-13)5-12(2)28-21(15)27/h5-6,9-11,13,16,22H,3-4,7-8H2,1-2H3,(H,23,24)/t11?,13-,16-/m0/s1. The van der Waals surface area contributed by atoms with E-state index in [9.17, 15) is 4.79 Å². The zero-order chi connectivity index (χ0) is 20.1. The number of H-pyrrole nitrogens is 1.